The Morgan fingerprint density at radius 1 is 0.449 bits per heavy atom. The molecule has 2 aromatic heterocycles. The van der Waals surface area contributed by atoms with Gasteiger partial charge in [-0.25, -0.2) is 0 Å². The third-order valence-electron chi connectivity index (χ3n) is 9.43. The van der Waals surface area contributed by atoms with Gasteiger partial charge in [-0.15, -0.1) is 10.2 Å². The zero-order valence-electron chi connectivity index (χ0n) is 26.4. The standard InChI is InChI=1S/C44H28N4O/c1-3-9-29(10-4-1)30-17-20-33(21-18-30)47(36-23-25-39-38-13-7-8-14-41(38)49-42(39)28-36)35-22-24-37-32(27-35)16-15-31-19-26-40-44(43(31)37)46-48(45-40)34-11-5-2-6-12-34/h1-28H. The van der Waals surface area contributed by atoms with E-state index < -0.39 is 0 Å². The second-order valence-corrected chi connectivity index (χ2v) is 12.4. The average Bonchev–Trinajstić information content (AvgIpc) is 3.77. The van der Waals surface area contributed by atoms with E-state index in [1.54, 1.807) is 4.80 Å². The summed E-state index contributed by atoms with van der Waals surface area (Å²) in [7, 11) is 0. The molecule has 8 aromatic carbocycles. The summed E-state index contributed by atoms with van der Waals surface area (Å²) in [6.07, 6.45) is 0. The lowest BCUT2D eigenvalue weighted by atomic mass is 9.99. The fourth-order valence-electron chi connectivity index (χ4n) is 7.06. The summed E-state index contributed by atoms with van der Waals surface area (Å²) in [6.45, 7) is 0. The van der Waals surface area contributed by atoms with E-state index >= 15 is 0 Å². The molecule has 0 spiro atoms. The molecule has 0 fully saturated rings. The van der Waals surface area contributed by atoms with Gasteiger partial charge in [-0.3, -0.25) is 0 Å². The number of para-hydroxylation sites is 2. The van der Waals surface area contributed by atoms with E-state index in [2.05, 4.69) is 126 Å². The van der Waals surface area contributed by atoms with Gasteiger partial charge in [0.05, 0.1) is 5.69 Å². The van der Waals surface area contributed by atoms with Crippen LogP contribution in [0.3, 0.4) is 0 Å². The molecular formula is C44H28N4O. The van der Waals surface area contributed by atoms with E-state index in [0.717, 1.165) is 77.3 Å². The van der Waals surface area contributed by atoms with Crippen LogP contribution in [-0.2, 0) is 0 Å². The van der Waals surface area contributed by atoms with E-state index in [1.807, 2.05) is 48.5 Å². The van der Waals surface area contributed by atoms with Gasteiger partial charge in [0.25, 0.3) is 0 Å². The molecule has 0 aliphatic carbocycles. The largest absolute Gasteiger partial charge is 0.456 e. The number of benzene rings is 8. The van der Waals surface area contributed by atoms with Crippen LogP contribution in [0.4, 0.5) is 17.1 Å². The van der Waals surface area contributed by atoms with E-state index in [0.29, 0.717) is 0 Å². The number of rotatable bonds is 5. The van der Waals surface area contributed by atoms with E-state index in [1.165, 1.54) is 11.1 Å². The van der Waals surface area contributed by atoms with Crippen LogP contribution in [-0.4, -0.2) is 15.0 Å². The van der Waals surface area contributed by atoms with Crippen LogP contribution in [0.15, 0.2) is 174 Å². The number of aromatic nitrogens is 3. The molecule has 0 radical (unpaired) electrons. The topological polar surface area (TPSA) is 47.1 Å². The lowest BCUT2D eigenvalue weighted by Gasteiger charge is -2.26. The van der Waals surface area contributed by atoms with Crippen LogP contribution >= 0.6 is 0 Å². The summed E-state index contributed by atoms with van der Waals surface area (Å²) < 4.78 is 6.34. The minimum absolute atomic E-state index is 0.861. The van der Waals surface area contributed by atoms with Crippen molar-refractivity contribution in [3.8, 4) is 16.8 Å². The van der Waals surface area contributed by atoms with Gasteiger partial charge in [-0.05, 0) is 87.9 Å². The molecule has 10 aromatic rings. The summed E-state index contributed by atoms with van der Waals surface area (Å²) in [5, 5.41) is 16.5. The Balaban J connectivity index is 1.15. The molecule has 0 amide bonds. The van der Waals surface area contributed by atoms with Crippen molar-refractivity contribution in [1.29, 1.82) is 0 Å². The zero-order valence-corrected chi connectivity index (χ0v) is 26.4. The number of nitrogens with zero attached hydrogens (tertiary/aromatic N) is 4. The van der Waals surface area contributed by atoms with Crippen LogP contribution in [0, 0.1) is 0 Å². The van der Waals surface area contributed by atoms with Gasteiger partial charge in [-0.2, -0.15) is 4.80 Å². The van der Waals surface area contributed by atoms with Crippen LogP contribution in [0.2, 0.25) is 0 Å². The Morgan fingerprint density at radius 2 is 1.08 bits per heavy atom. The molecule has 0 aliphatic rings. The summed E-state index contributed by atoms with van der Waals surface area (Å²) >= 11 is 0. The Labute approximate surface area is 281 Å². The molecule has 0 saturated carbocycles. The molecule has 0 saturated heterocycles. The van der Waals surface area contributed by atoms with E-state index in [9.17, 15) is 0 Å². The van der Waals surface area contributed by atoms with Crippen molar-refractivity contribution >= 4 is 71.6 Å². The van der Waals surface area contributed by atoms with Crippen LogP contribution in [0.1, 0.15) is 0 Å². The third-order valence-corrected chi connectivity index (χ3v) is 9.43. The van der Waals surface area contributed by atoms with Crippen LogP contribution < -0.4 is 4.90 Å². The van der Waals surface area contributed by atoms with Gasteiger partial charge < -0.3 is 9.32 Å². The molecule has 0 aliphatic heterocycles. The van der Waals surface area contributed by atoms with Gasteiger partial charge in [0.15, 0.2) is 0 Å². The van der Waals surface area contributed by atoms with Crippen molar-refractivity contribution in [3.63, 3.8) is 0 Å². The van der Waals surface area contributed by atoms with Crippen LogP contribution in [0.25, 0.3) is 71.3 Å². The minimum atomic E-state index is 0.861. The molecule has 49 heavy (non-hydrogen) atoms. The van der Waals surface area contributed by atoms with E-state index in [-0.39, 0.29) is 0 Å². The SMILES string of the molecule is c1ccc(-c2ccc(N(c3ccc4c(ccc5ccc6nn(-c7ccccc7)nc6c54)c3)c3ccc4c(c3)oc3ccccc34)cc2)cc1. The number of fused-ring (bicyclic) bond motifs is 8. The van der Waals surface area contributed by atoms with Crippen molar-refractivity contribution in [2.75, 3.05) is 4.90 Å². The molecule has 0 atom stereocenters. The molecule has 2 heterocycles. The molecular weight excluding hydrogens is 601 g/mol. The van der Waals surface area contributed by atoms with Crippen molar-refractivity contribution < 1.29 is 4.42 Å². The maximum absolute atomic E-state index is 6.34. The molecule has 0 N–H and O–H groups in total. The number of anilines is 3. The lowest BCUT2D eigenvalue weighted by molar-refractivity contribution is 0.669. The first-order chi connectivity index (χ1) is 24.3. The molecule has 5 nitrogen and oxygen atoms in total. The predicted molar refractivity (Wildman–Crippen MR) is 201 cm³/mol. The van der Waals surface area contributed by atoms with Gasteiger partial charge in [0, 0.05) is 39.3 Å². The molecule has 230 valence electrons. The fraction of sp³-hybridized carbons (Fsp3) is 0. The fourth-order valence-corrected chi connectivity index (χ4v) is 7.06. The Hall–Kier alpha value is -6.72. The normalized spacial score (nSPS) is 11.7. The highest BCUT2D eigenvalue weighted by atomic mass is 16.3. The zero-order chi connectivity index (χ0) is 32.3. The molecule has 0 unspecified atom stereocenters. The monoisotopic (exact) mass is 628 g/mol. The Morgan fingerprint density at radius 3 is 1.92 bits per heavy atom. The second kappa shape index (κ2) is 10.9. The first-order valence-electron chi connectivity index (χ1n) is 16.4. The molecule has 0 bridgehead atoms. The lowest BCUT2D eigenvalue weighted by Crippen LogP contribution is -2.09. The van der Waals surface area contributed by atoms with Crippen molar-refractivity contribution in [3.05, 3.63) is 170 Å². The average molecular weight is 629 g/mol. The van der Waals surface area contributed by atoms with Gasteiger partial charge >= 0.3 is 0 Å². The highest BCUT2D eigenvalue weighted by Crippen LogP contribution is 2.41. The Kier molecular flexibility index (Phi) is 6.11. The quantitative estimate of drug-likeness (QED) is 0.178. The second-order valence-electron chi connectivity index (χ2n) is 12.4. The smallest absolute Gasteiger partial charge is 0.137 e. The first-order valence-corrected chi connectivity index (χ1v) is 16.4. The first kappa shape index (κ1) is 27.4. The summed E-state index contributed by atoms with van der Waals surface area (Å²) in [6, 6.07) is 59.3. The number of furan rings is 1. The Bertz CT molecular complexity index is 2820. The highest BCUT2D eigenvalue weighted by Gasteiger charge is 2.18. The minimum Gasteiger partial charge on any atom is -0.456 e. The number of hydrogen-bond donors (Lipinski definition) is 0. The van der Waals surface area contributed by atoms with Gasteiger partial charge in [-0.1, -0.05) is 103 Å². The molecule has 5 heteroatoms. The summed E-state index contributed by atoms with van der Waals surface area (Å²) in [5.41, 5.74) is 9.94. The maximum atomic E-state index is 6.34. The summed E-state index contributed by atoms with van der Waals surface area (Å²) in [5.74, 6) is 0. The highest BCUT2D eigenvalue weighted by molar-refractivity contribution is 6.18. The van der Waals surface area contributed by atoms with Crippen LogP contribution in [0.5, 0.6) is 0 Å². The summed E-state index contributed by atoms with van der Waals surface area (Å²) in [4.78, 5) is 4.03. The van der Waals surface area contributed by atoms with Gasteiger partial charge in [0.2, 0.25) is 0 Å². The maximum Gasteiger partial charge on any atom is 0.137 e. The predicted octanol–water partition coefficient (Wildman–Crippen LogP) is 11.8. The van der Waals surface area contributed by atoms with E-state index in [4.69, 9.17) is 14.6 Å². The number of hydrogen-bond acceptors (Lipinski definition) is 4. The van der Waals surface area contributed by atoms with Crippen molar-refractivity contribution in [2.24, 2.45) is 0 Å². The van der Waals surface area contributed by atoms with Crippen molar-refractivity contribution in [2.45, 2.75) is 0 Å². The van der Waals surface area contributed by atoms with Crippen molar-refractivity contribution in [1.82, 2.24) is 15.0 Å². The van der Waals surface area contributed by atoms with Gasteiger partial charge in [0.1, 0.15) is 22.2 Å². The third kappa shape index (κ3) is 4.55. The molecule has 10 rings (SSSR count).